The van der Waals surface area contributed by atoms with Crippen molar-refractivity contribution in [3.05, 3.63) is 36.0 Å². The molecule has 2 aromatic rings. The van der Waals surface area contributed by atoms with Gasteiger partial charge in [-0.2, -0.15) is 0 Å². The highest BCUT2D eigenvalue weighted by atomic mass is 16.4. The zero-order valence-corrected chi connectivity index (χ0v) is 19.5. The molecule has 1 aliphatic heterocycles. The summed E-state index contributed by atoms with van der Waals surface area (Å²) < 4.78 is 0. The average Bonchev–Trinajstić information content (AvgIpc) is 3.45. The highest BCUT2D eigenvalue weighted by Gasteiger charge is 2.38. The second-order valence-corrected chi connectivity index (χ2v) is 9.11. The molecule has 1 aromatic heterocycles. The number of likely N-dealkylation sites (tertiary alicyclic amines) is 1. The van der Waals surface area contributed by atoms with E-state index in [1.165, 1.54) is 4.90 Å². The molecule has 1 saturated heterocycles. The highest BCUT2D eigenvalue weighted by molar-refractivity contribution is 5.94. The zero-order chi connectivity index (χ0) is 24.8. The Bertz CT molecular complexity index is 1050. The number of nitrogens with two attached hydrogens (primary N) is 1. The third-order valence-corrected chi connectivity index (χ3v) is 6.08. The van der Waals surface area contributed by atoms with Crippen LogP contribution in [0.15, 0.2) is 30.5 Å². The van der Waals surface area contributed by atoms with E-state index < -0.39 is 41.8 Å². The van der Waals surface area contributed by atoms with Gasteiger partial charge < -0.3 is 31.4 Å². The summed E-state index contributed by atoms with van der Waals surface area (Å²) in [5, 5.41) is 15.8. The predicted molar refractivity (Wildman–Crippen MR) is 127 cm³/mol. The van der Waals surface area contributed by atoms with Gasteiger partial charge in [-0.25, -0.2) is 4.79 Å². The molecule has 1 aliphatic rings. The van der Waals surface area contributed by atoms with Gasteiger partial charge in [-0.1, -0.05) is 32.0 Å². The van der Waals surface area contributed by atoms with Crippen LogP contribution in [0.3, 0.4) is 0 Å². The van der Waals surface area contributed by atoms with Gasteiger partial charge in [0.15, 0.2) is 0 Å². The Morgan fingerprint density at radius 2 is 1.91 bits per heavy atom. The number of para-hydroxylation sites is 1. The summed E-state index contributed by atoms with van der Waals surface area (Å²) in [5.41, 5.74) is 7.20. The van der Waals surface area contributed by atoms with Gasteiger partial charge in [0.05, 0.1) is 6.54 Å². The first kappa shape index (κ1) is 25.2. The quantitative estimate of drug-likeness (QED) is 0.344. The number of hydrogen-bond acceptors (Lipinski definition) is 5. The van der Waals surface area contributed by atoms with Crippen molar-refractivity contribution >= 4 is 34.6 Å². The molecule has 0 aliphatic carbocycles. The SMILES string of the molecule is CC(C)CC(NC(=O)C(Cc1c[nH]c2ccccc12)NC(=O)CN)C(=O)N1CCCC1C(=O)O. The fraction of sp³-hybridized carbons (Fsp3) is 0.500. The maximum atomic E-state index is 13.3. The van der Waals surface area contributed by atoms with Crippen LogP contribution in [0, 0.1) is 5.92 Å². The smallest absolute Gasteiger partial charge is 0.326 e. The first-order chi connectivity index (χ1) is 16.2. The van der Waals surface area contributed by atoms with Crippen LogP contribution in [-0.4, -0.2) is 69.9 Å². The van der Waals surface area contributed by atoms with Crippen molar-refractivity contribution in [3.63, 3.8) is 0 Å². The van der Waals surface area contributed by atoms with Crippen molar-refractivity contribution in [1.82, 2.24) is 20.5 Å². The summed E-state index contributed by atoms with van der Waals surface area (Å²) >= 11 is 0. The van der Waals surface area contributed by atoms with E-state index in [9.17, 15) is 24.3 Å². The summed E-state index contributed by atoms with van der Waals surface area (Å²) in [4.78, 5) is 54.7. The fourth-order valence-electron chi connectivity index (χ4n) is 4.44. The van der Waals surface area contributed by atoms with Crippen LogP contribution in [0.25, 0.3) is 10.9 Å². The molecule has 1 aromatic carbocycles. The van der Waals surface area contributed by atoms with E-state index >= 15 is 0 Å². The molecule has 184 valence electrons. The number of nitrogens with zero attached hydrogens (tertiary/aromatic N) is 1. The lowest BCUT2D eigenvalue weighted by Crippen LogP contribution is -2.57. The number of carboxylic acid groups (broad SMARTS) is 1. The van der Waals surface area contributed by atoms with E-state index in [0.29, 0.717) is 25.8 Å². The summed E-state index contributed by atoms with van der Waals surface area (Å²) in [5.74, 6) is -2.39. The van der Waals surface area contributed by atoms with Crippen LogP contribution >= 0.6 is 0 Å². The number of carbonyl (C=O) groups excluding carboxylic acids is 3. The molecule has 34 heavy (non-hydrogen) atoms. The second-order valence-electron chi connectivity index (χ2n) is 9.11. The lowest BCUT2D eigenvalue weighted by molar-refractivity contribution is -0.149. The first-order valence-corrected chi connectivity index (χ1v) is 11.6. The number of amides is 3. The van der Waals surface area contributed by atoms with Gasteiger partial charge in [0, 0.05) is 30.1 Å². The monoisotopic (exact) mass is 471 g/mol. The largest absolute Gasteiger partial charge is 0.480 e. The predicted octanol–water partition coefficient (Wildman–Crippen LogP) is 0.760. The molecule has 10 heteroatoms. The molecule has 2 heterocycles. The lowest BCUT2D eigenvalue weighted by atomic mass is 10.00. The lowest BCUT2D eigenvalue weighted by Gasteiger charge is -2.29. The minimum absolute atomic E-state index is 0.0748. The summed E-state index contributed by atoms with van der Waals surface area (Å²) in [6.07, 6.45) is 3.32. The summed E-state index contributed by atoms with van der Waals surface area (Å²) in [7, 11) is 0. The van der Waals surface area contributed by atoms with Gasteiger partial charge in [0.2, 0.25) is 17.7 Å². The molecule has 0 saturated carbocycles. The zero-order valence-electron chi connectivity index (χ0n) is 19.5. The van der Waals surface area contributed by atoms with Crippen LogP contribution in [0.2, 0.25) is 0 Å². The van der Waals surface area contributed by atoms with E-state index in [0.717, 1.165) is 16.5 Å². The Morgan fingerprint density at radius 1 is 1.18 bits per heavy atom. The molecule has 6 N–H and O–H groups in total. The van der Waals surface area contributed by atoms with Crippen LogP contribution in [0.1, 0.15) is 38.7 Å². The topological polar surface area (TPSA) is 158 Å². The van der Waals surface area contributed by atoms with Crippen molar-refractivity contribution in [2.24, 2.45) is 11.7 Å². The number of fused-ring (bicyclic) bond motifs is 1. The number of carbonyl (C=O) groups is 4. The minimum Gasteiger partial charge on any atom is -0.480 e. The standard InChI is InChI=1S/C24H33N5O5/c1-14(2)10-19(23(32)29-9-5-8-20(29)24(33)34)28-22(31)18(27-21(30)12-25)11-15-13-26-17-7-4-3-6-16(15)17/h3-4,6-7,13-14,18-20,26H,5,8-12,25H2,1-2H3,(H,27,30)(H,28,31)(H,33,34). The van der Waals surface area contributed by atoms with Crippen molar-refractivity contribution in [2.75, 3.05) is 13.1 Å². The van der Waals surface area contributed by atoms with Crippen molar-refractivity contribution in [3.8, 4) is 0 Å². The molecule has 3 atom stereocenters. The van der Waals surface area contributed by atoms with E-state index in [1.54, 1.807) is 6.20 Å². The molecule has 3 rings (SSSR count). The summed E-state index contributed by atoms with van der Waals surface area (Å²) in [6, 6.07) is 4.88. The Balaban J connectivity index is 1.81. The number of nitrogens with one attached hydrogen (secondary N) is 3. The number of H-pyrrole nitrogens is 1. The molecule has 3 amide bonds. The first-order valence-electron chi connectivity index (χ1n) is 11.6. The Labute approximate surface area is 198 Å². The van der Waals surface area contributed by atoms with E-state index in [4.69, 9.17) is 5.73 Å². The maximum absolute atomic E-state index is 13.3. The molecular formula is C24H33N5O5. The number of aliphatic carboxylic acids is 1. The third kappa shape index (κ3) is 5.93. The third-order valence-electron chi connectivity index (χ3n) is 6.08. The van der Waals surface area contributed by atoms with Crippen molar-refractivity contribution < 1.29 is 24.3 Å². The van der Waals surface area contributed by atoms with Crippen LogP contribution in [0.4, 0.5) is 0 Å². The Kier molecular flexibility index (Phi) is 8.27. The molecule has 0 bridgehead atoms. The maximum Gasteiger partial charge on any atom is 0.326 e. The number of aromatic amines is 1. The van der Waals surface area contributed by atoms with Crippen molar-refractivity contribution in [1.29, 1.82) is 0 Å². The number of rotatable bonds is 10. The molecule has 3 unspecified atom stereocenters. The Morgan fingerprint density at radius 3 is 2.59 bits per heavy atom. The molecule has 0 spiro atoms. The highest BCUT2D eigenvalue weighted by Crippen LogP contribution is 2.22. The van der Waals surface area contributed by atoms with Gasteiger partial charge in [0.25, 0.3) is 0 Å². The van der Waals surface area contributed by atoms with Gasteiger partial charge in [-0.15, -0.1) is 0 Å². The van der Waals surface area contributed by atoms with E-state index in [-0.39, 0.29) is 18.9 Å². The van der Waals surface area contributed by atoms with E-state index in [1.807, 2.05) is 38.1 Å². The number of benzene rings is 1. The number of hydrogen-bond donors (Lipinski definition) is 5. The normalized spacial score (nSPS) is 17.5. The van der Waals surface area contributed by atoms with Gasteiger partial charge in [-0.05, 0) is 36.8 Å². The average molecular weight is 472 g/mol. The van der Waals surface area contributed by atoms with Gasteiger partial charge in [0.1, 0.15) is 18.1 Å². The van der Waals surface area contributed by atoms with Gasteiger partial charge >= 0.3 is 5.97 Å². The van der Waals surface area contributed by atoms with Crippen LogP contribution < -0.4 is 16.4 Å². The molecule has 1 fully saturated rings. The molecule has 10 nitrogen and oxygen atoms in total. The van der Waals surface area contributed by atoms with Crippen LogP contribution in [0.5, 0.6) is 0 Å². The molecular weight excluding hydrogens is 438 g/mol. The molecule has 0 radical (unpaired) electrons. The fourth-order valence-corrected chi connectivity index (χ4v) is 4.44. The van der Waals surface area contributed by atoms with Crippen molar-refractivity contribution in [2.45, 2.75) is 57.7 Å². The number of aromatic nitrogens is 1. The minimum atomic E-state index is -1.05. The summed E-state index contributed by atoms with van der Waals surface area (Å²) in [6.45, 7) is 3.90. The second kappa shape index (κ2) is 11.1. The van der Waals surface area contributed by atoms with E-state index in [2.05, 4.69) is 15.6 Å². The van der Waals surface area contributed by atoms with Crippen LogP contribution in [-0.2, 0) is 25.6 Å². The Hall–Kier alpha value is -3.40. The van der Waals surface area contributed by atoms with Gasteiger partial charge in [-0.3, -0.25) is 14.4 Å². The number of carboxylic acids is 1.